The number of halogens is 3. The van der Waals surface area contributed by atoms with Crippen LogP contribution in [0.2, 0.25) is 0 Å². The van der Waals surface area contributed by atoms with Gasteiger partial charge < -0.3 is 10.5 Å². The van der Waals surface area contributed by atoms with Crippen molar-refractivity contribution in [1.29, 1.82) is 0 Å². The van der Waals surface area contributed by atoms with Crippen LogP contribution in [-0.2, 0) is 0 Å². The van der Waals surface area contributed by atoms with Gasteiger partial charge in [-0.2, -0.15) is 0 Å². The van der Waals surface area contributed by atoms with E-state index < -0.39 is 6.36 Å². The minimum Gasteiger partial charge on any atom is -0.406 e. The van der Waals surface area contributed by atoms with Crippen molar-refractivity contribution in [3.05, 3.63) is 29.8 Å². The van der Waals surface area contributed by atoms with Crippen molar-refractivity contribution in [2.24, 2.45) is 11.1 Å². The van der Waals surface area contributed by atoms with Crippen LogP contribution in [0, 0.1) is 5.41 Å². The molecule has 17 heavy (non-hydrogen) atoms. The average Bonchev–Trinajstić information content (AvgIpc) is 2.63. The molecular formula is C12H14F3NO. The van der Waals surface area contributed by atoms with Crippen LogP contribution in [0.1, 0.15) is 25.3 Å². The summed E-state index contributed by atoms with van der Waals surface area (Å²) in [5.74, 6) is -0.0933. The zero-order valence-electron chi connectivity index (χ0n) is 9.58. The molecule has 1 saturated carbocycles. The smallest absolute Gasteiger partial charge is 0.406 e. The van der Waals surface area contributed by atoms with Crippen molar-refractivity contribution in [1.82, 2.24) is 0 Å². The lowest BCUT2D eigenvalue weighted by atomic mass is 10.0. The molecule has 0 spiro atoms. The number of hydrogen-bond acceptors (Lipinski definition) is 2. The molecule has 0 heterocycles. The molecule has 0 bridgehead atoms. The lowest BCUT2D eigenvalue weighted by Gasteiger charge is -2.10. The average molecular weight is 245 g/mol. The highest BCUT2D eigenvalue weighted by Gasteiger charge is 2.56. The second-order valence-electron chi connectivity index (χ2n) is 4.95. The van der Waals surface area contributed by atoms with Crippen molar-refractivity contribution in [3.63, 3.8) is 0 Å². The van der Waals surface area contributed by atoms with Crippen LogP contribution in [0.25, 0.3) is 0 Å². The summed E-state index contributed by atoms with van der Waals surface area (Å²) in [6, 6.07) is 6.02. The van der Waals surface area contributed by atoms with E-state index in [9.17, 15) is 13.2 Å². The maximum atomic E-state index is 12.1. The van der Waals surface area contributed by atoms with Crippen LogP contribution in [0.15, 0.2) is 24.3 Å². The molecule has 1 aliphatic rings. The van der Waals surface area contributed by atoms with Crippen LogP contribution in [0.5, 0.6) is 5.75 Å². The minimum atomic E-state index is -4.65. The summed E-state index contributed by atoms with van der Waals surface area (Å²) >= 11 is 0. The van der Waals surface area contributed by atoms with Crippen molar-refractivity contribution in [2.75, 3.05) is 0 Å². The summed E-state index contributed by atoms with van der Waals surface area (Å²) in [5.41, 5.74) is 6.63. The molecular weight excluding hydrogens is 231 g/mol. The van der Waals surface area contributed by atoms with Crippen LogP contribution in [-0.4, -0.2) is 12.4 Å². The van der Waals surface area contributed by atoms with E-state index in [2.05, 4.69) is 4.74 Å². The highest BCUT2D eigenvalue weighted by Crippen LogP contribution is 2.57. The molecule has 1 fully saturated rings. The molecule has 1 aromatic carbocycles. The van der Waals surface area contributed by atoms with Gasteiger partial charge in [0.15, 0.2) is 0 Å². The van der Waals surface area contributed by atoms with Crippen LogP contribution >= 0.6 is 0 Å². The zero-order chi connectivity index (χ0) is 12.8. The van der Waals surface area contributed by atoms with Crippen molar-refractivity contribution in [2.45, 2.75) is 32.2 Å². The normalized spacial score (nSPS) is 26.7. The van der Waals surface area contributed by atoms with Crippen molar-refractivity contribution < 1.29 is 17.9 Å². The van der Waals surface area contributed by atoms with Gasteiger partial charge in [0.05, 0.1) is 0 Å². The summed E-state index contributed by atoms with van der Waals surface area (Å²) in [6.07, 6.45) is -4.65. The molecule has 2 atom stereocenters. The lowest BCUT2D eigenvalue weighted by Crippen LogP contribution is -2.17. The van der Waals surface area contributed by atoms with Gasteiger partial charge in [-0.3, -0.25) is 0 Å². The first-order chi connectivity index (χ1) is 7.72. The Labute approximate surface area is 97.6 Å². The first kappa shape index (κ1) is 12.2. The Morgan fingerprint density at radius 2 is 1.88 bits per heavy atom. The van der Waals surface area contributed by atoms with E-state index in [1.807, 2.05) is 13.8 Å². The zero-order valence-corrected chi connectivity index (χ0v) is 9.58. The molecule has 2 N–H and O–H groups in total. The van der Waals surface area contributed by atoms with Gasteiger partial charge in [0.25, 0.3) is 0 Å². The van der Waals surface area contributed by atoms with E-state index in [1.165, 1.54) is 12.1 Å². The molecule has 5 heteroatoms. The Hall–Kier alpha value is -1.23. The topological polar surface area (TPSA) is 35.2 Å². The fourth-order valence-corrected chi connectivity index (χ4v) is 2.22. The maximum Gasteiger partial charge on any atom is 0.573 e. The van der Waals surface area contributed by atoms with E-state index in [4.69, 9.17) is 5.73 Å². The molecule has 2 rings (SSSR count). The Morgan fingerprint density at radius 3 is 2.35 bits per heavy atom. The standard InChI is InChI=1S/C12H14F3NO/c1-11(2)9(10(11)16)7-4-3-5-8(6-7)17-12(13,14)15/h3-6,9-10H,16H2,1-2H3/t9-,10-/m1/s1. The van der Waals surface area contributed by atoms with Crippen molar-refractivity contribution in [3.8, 4) is 5.75 Å². The maximum absolute atomic E-state index is 12.1. The third-order valence-corrected chi connectivity index (χ3v) is 3.36. The minimum absolute atomic E-state index is 0.0105. The SMILES string of the molecule is CC1(C)[C@H](N)[C@H]1c1cccc(OC(F)(F)F)c1. The highest BCUT2D eigenvalue weighted by atomic mass is 19.4. The van der Waals surface area contributed by atoms with Gasteiger partial charge in [0.2, 0.25) is 0 Å². The number of ether oxygens (including phenoxy) is 1. The Kier molecular flexibility index (Phi) is 2.61. The largest absolute Gasteiger partial charge is 0.573 e. The van der Waals surface area contributed by atoms with Crippen LogP contribution in [0.4, 0.5) is 13.2 Å². The van der Waals surface area contributed by atoms with E-state index in [1.54, 1.807) is 12.1 Å². The van der Waals surface area contributed by atoms with Gasteiger partial charge in [-0.15, -0.1) is 13.2 Å². The number of alkyl halides is 3. The predicted molar refractivity (Wildman–Crippen MR) is 57.6 cm³/mol. The van der Waals surface area contributed by atoms with Gasteiger partial charge in [0.1, 0.15) is 5.75 Å². The number of rotatable bonds is 2. The number of benzene rings is 1. The molecule has 2 nitrogen and oxygen atoms in total. The second kappa shape index (κ2) is 3.63. The Balaban J connectivity index is 2.19. The second-order valence-corrected chi connectivity index (χ2v) is 4.95. The number of hydrogen-bond donors (Lipinski definition) is 1. The third kappa shape index (κ3) is 2.39. The molecule has 1 aliphatic carbocycles. The fraction of sp³-hybridized carbons (Fsp3) is 0.500. The quantitative estimate of drug-likeness (QED) is 0.869. The first-order valence-corrected chi connectivity index (χ1v) is 5.33. The van der Waals surface area contributed by atoms with E-state index in [0.717, 1.165) is 5.56 Å². The molecule has 1 aromatic rings. The molecule has 0 aromatic heterocycles. The van der Waals surface area contributed by atoms with Gasteiger partial charge in [0, 0.05) is 12.0 Å². The van der Waals surface area contributed by atoms with Crippen molar-refractivity contribution >= 4 is 0 Å². The summed E-state index contributed by atoms with van der Waals surface area (Å²) < 4.78 is 40.1. The summed E-state index contributed by atoms with van der Waals surface area (Å²) in [5, 5.41) is 0. The fourth-order valence-electron chi connectivity index (χ4n) is 2.22. The van der Waals surface area contributed by atoms with E-state index in [-0.39, 0.29) is 23.1 Å². The Morgan fingerprint density at radius 1 is 1.29 bits per heavy atom. The summed E-state index contributed by atoms with van der Waals surface area (Å²) in [4.78, 5) is 0. The number of nitrogens with two attached hydrogens (primary N) is 1. The lowest BCUT2D eigenvalue weighted by molar-refractivity contribution is -0.274. The van der Waals surface area contributed by atoms with Gasteiger partial charge >= 0.3 is 6.36 Å². The van der Waals surface area contributed by atoms with Crippen LogP contribution in [0.3, 0.4) is 0 Å². The monoisotopic (exact) mass is 245 g/mol. The van der Waals surface area contributed by atoms with Gasteiger partial charge in [-0.25, -0.2) is 0 Å². The van der Waals surface area contributed by atoms with E-state index >= 15 is 0 Å². The van der Waals surface area contributed by atoms with Crippen LogP contribution < -0.4 is 10.5 Å². The molecule has 94 valence electrons. The molecule has 0 saturated heterocycles. The third-order valence-electron chi connectivity index (χ3n) is 3.36. The predicted octanol–water partition coefficient (Wildman–Crippen LogP) is 3.04. The summed E-state index contributed by atoms with van der Waals surface area (Å²) in [6.45, 7) is 4.00. The van der Waals surface area contributed by atoms with Gasteiger partial charge in [-0.1, -0.05) is 26.0 Å². The summed E-state index contributed by atoms with van der Waals surface area (Å²) in [7, 11) is 0. The molecule has 0 aliphatic heterocycles. The molecule has 0 radical (unpaired) electrons. The highest BCUT2D eigenvalue weighted by molar-refractivity contribution is 5.38. The van der Waals surface area contributed by atoms with Gasteiger partial charge in [-0.05, 0) is 23.1 Å². The first-order valence-electron chi connectivity index (χ1n) is 5.33. The Bertz CT molecular complexity index is 428. The van der Waals surface area contributed by atoms with E-state index in [0.29, 0.717) is 0 Å². The molecule has 0 amide bonds. The molecule has 0 unspecified atom stereocenters.